The van der Waals surface area contributed by atoms with Crippen LogP contribution in [0.4, 0.5) is 0 Å². The summed E-state index contributed by atoms with van der Waals surface area (Å²) < 4.78 is 0. The van der Waals surface area contributed by atoms with Crippen molar-refractivity contribution >= 4 is 17.5 Å². The van der Waals surface area contributed by atoms with Gasteiger partial charge in [0, 0.05) is 18.3 Å². The van der Waals surface area contributed by atoms with E-state index in [1.165, 1.54) is 6.42 Å². The van der Waals surface area contributed by atoms with Gasteiger partial charge in [-0.1, -0.05) is 27.2 Å². The van der Waals surface area contributed by atoms with Gasteiger partial charge in [-0.15, -0.1) is 11.6 Å². The number of rotatable bonds is 3. The van der Waals surface area contributed by atoms with Crippen LogP contribution in [-0.2, 0) is 4.79 Å². The zero-order valence-corrected chi connectivity index (χ0v) is 10.7. The van der Waals surface area contributed by atoms with Crippen molar-refractivity contribution in [3.05, 3.63) is 0 Å². The normalized spacial score (nSPS) is 26.7. The average Bonchev–Trinajstić information content (AvgIpc) is 2.44. The molecule has 2 atom stereocenters. The van der Waals surface area contributed by atoms with Gasteiger partial charge in [0.15, 0.2) is 0 Å². The van der Waals surface area contributed by atoms with Crippen LogP contribution < -0.4 is 5.32 Å². The molecule has 2 nitrogen and oxygen atoms in total. The fourth-order valence-corrected chi connectivity index (χ4v) is 2.38. The zero-order valence-electron chi connectivity index (χ0n) is 9.98. The van der Waals surface area contributed by atoms with E-state index in [0.717, 1.165) is 19.4 Å². The van der Waals surface area contributed by atoms with Crippen molar-refractivity contribution in [2.45, 2.75) is 51.8 Å². The Hall–Kier alpha value is -0.240. The van der Waals surface area contributed by atoms with E-state index >= 15 is 0 Å². The third-order valence-corrected chi connectivity index (χ3v) is 3.39. The Morgan fingerprint density at radius 1 is 1.40 bits per heavy atom. The topological polar surface area (TPSA) is 29.1 Å². The van der Waals surface area contributed by atoms with E-state index < -0.39 is 0 Å². The molecule has 0 bridgehead atoms. The summed E-state index contributed by atoms with van der Waals surface area (Å²) in [7, 11) is 0. The number of halogens is 1. The number of nitrogens with one attached hydrogen (secondary N) is 1. The van der Waals surface area contributed by atoms with Gasteiger partial charge in [-0.2, -0.15) is 0 Å². The van der Waals surface area contributed by atoms with Crippen LogP contribution in [0.3, 0.4) is 0 Å². The summed E-state index contributed by atoms with van der Waals surface area (Å²) in [6.45, 7) is 6.98. The molecule has 0 heterocycles. The standard InChI is InChI=1S/C12H22ClNO/c1-12(2,3)7-11(15)14-8-9-5-4-6-10(9)13/h9-10H,4-8H2,1-3H3,(H,14,15). The van der Waals surface area contributed by atoms with Crippen molar-refractivity contribution < 1.29 is 4.79 Å². The minimum absolute atomic E-state index is 0.0696. The molecule has 0 radical (unpaired) electrons. The summed E-state index contributed by atoms with van der Waals surface area (Å²) >= 11 is 6.14. The number of carbonyl (C=O) groups is 1. The molecule has 1 fully saturated rings. The predicted molar refractivity (Wildman–Crippen MR) is 64.1 cm³/mol. The van der Waals surface area contributed by atoms with Gasteiger partial charge in [0.1, 0.15) is 0 Å². The van der Waals surface area contributed by atoms with Crippen molar-refractivity contribution in [3.63, 3.8) is 0 Å². The van der Waals surface area contributed by atoms with E-state index in [0.29, 0.717) is 12.3 Å². The van der Waals surface area contributed by atoms with Gasteiger partial charge in [-0.05, 0) is 24.2 Å². The first kappa shape index (κ1) is 12.8. The monoisotopic (exact) mass is 231 g/mol. The summed E-state index contributed by atoms with van der Waals surface area (Å²) in [6, 6.07) is 0. The van der Waals surface area contributed by atoms with E-state index in [4.69, 9.17) is 11.6 Å². The van der Waals surface area contributed by atoms with Crippen molar-refractivity contribution in [2.24, 2.45) is 11.3 Å². The molecule has 88 valence electrons. The second-order valence-corrected chi connectivity index (χ2v) is 6.31. The van der Waals surface area contributed by atoms with E-state index in [-0.39, 0.29) is 16.7 Å². The van der Waals surface area contributed by atoms with Crippen LogP contribution >= 0.6 is 11.6 Å². The molecule has 1 aliphatic rings. The molecule has 1 rings (SSSR count). The molecule has 0 spiro atoms. The molecular formula is C12H22ClNO. The molecule has 2 unspecified atom stereocenters. The smallest absolute Gasteiger partial charge is 0.220 e. The Bertz CT molecular complexity index is 222. The fourth-order valence-electron chi connectivity index (χ4n) is 2.01. The fraction of sp³-hybridized carbons (Fsp3) is 0.917. The van der Waals surface area contributed by atoms with Crippen LogP contribution in [0.25, 0.3) is 0 Å². The largest absolute Gasteiger partial charge is 0.356 e. The number of amides is 1. The van der Waals surface area contributed by atoms with Crippen molar-refractivity contribution in [3.8, 4) is 0 Å². The third kappa shape index (κ3) is 4.87. The zero-order chi connectivity index (χ0) is 11.5. The van der Waals surface area contributed by atoms with Gasteiger partial charge in [0.2, 0.25) is 5.91 Å². The molecule has 0 aromatic carbocycles. The first-order valence-corrected chi connectivity index (χ1v) is 6.23. The van der Waals surface area contributed by atoms with Gasteiger partial charge in [0.25, 0.3) is 0 Å². The van der Waals surface area contributed by atoms with Gasteiger partial charge in [0.05, 0.1) is 0 Å². The SMILES string of the molecule is CC(C)(C)CC(=O)NCC1CCCC1Cl. The van der Waals surface area contributed by atoms with E-state index in [2.05, 4.69) is 26.1 Å². The first-order chi connectivity index (χ1) is 6.88. The van der Waals surface area contributed by atoms with Gasteiger partial charge < -0.3 is 5.32 Å². The molecule has 0 aromatic heterocycles. The summed E-state index contributed by atoms with van der Waals surface area (Å²) in [5, 5.41) is 3.25. The maximum absolute atomic E-state index is 11.6. The first-order valence-electron chi connectivity index (χ1n) is 5.79. The van der Waals surface area contributed by atoms with Crippen LogP contribution in [-0.4, -0.2) is 17.8 Å². The number of hydrogen-bond donors (Lipinski definition) is 1. The summed E-state index contributed by atoms with van der Waals surface area (Å²) in [5.74, 6) is 0.633. The Kier molecular flexibility index (Phi) is 4.45. The molecule has 0 saturated heterocycles. The van der Waals surface area contributed by atoms with Crippen LogP contribution in [0.15, 0.2) is 0 Å². The Morgan fingerprint density at radius 3 is 2.53 bits per heavy atom. The minimum Gasteiger partial charge on any atom is -0.356 e. The second kappa shape index (κ2) is 5.20. The average molecular weight is 232 g/mol. The highest BCUT2D eigenvalue weighted by molar-refractivity contribution is 6.20. The predicted octanol–water partition coefficient (Wildman–Crippen LogP) is 2.95. The lowest BCUT2D eigenvalue weighted by molar-refractivity contribution is -0.122. The number of carbonyl (C=O) groups excluding carboxylic acids is 1. The Morgan fingerprint density at radius 2 is 2.07 bits per heavy atom. The van der Waals surface area contributed by atoms with E-state index in [1.807, 2.05) is 0 Å². The van der Waals surface area contributed by atoms with Gasteiger partial charge in [-0.3, -0.25) is 4.79 Å². The lowest BCUT2D eigenvalue weighted by atomic mass is 9.92. The molecule has 1 saturated carbocycles. The van der Waals surface area contributed by atoms with E-state index in [1.54, 1.807) is 0 Å². The summed E-state index contributed by atoms with van der Waals surface area (Å²) in [4.78, 5) is 11.6. The molecule has 15 heavy (non-hydrogen) atoms. The van der Waals surface area contributed by atoms with Crippen molar-refractivity contribution in [1.82, 2.24) is 5.32 Å². The highest BCUT2D eigenvalue weighted by atomic mass is 35.5. The molecule has 0 aromatic rings. The highest BCUT2D eigenvalue weighted by Crippen LogP contribution is 2.29. The van der Waals surface area contributed by atoms with Crippen LogP contribution in [0.5, 0.6) is 0 Å². The maximum atomic E-state index is 11.6. The minimum atomic E-state index is 0.0696. The molecule has 3 heteroatoms. The van der Waals surface area contributed by atoms with E-state index in [9.17, 15) is 4.79 Å². The highest BCUT2D eigenvalue weighted by Gasteiger charge is 2.25. The van der Waals surface area contributed by atoms with Crippen molar-refractivity contribution in [1.29, 1.82) is 0 Å². The molecule has 1 aliphatic carbocycles. The summed E-state index contributed by atoms with van der Waals surface area (Å²) in [5.41, 5.74) is 0.0696. The lowest BCUT2D eigenvalue weighted by Gasteiger charge is -2.19. The van der Waals surface area contributed by atoms with Gasteiger partial charge >= 0.3 is 0 Å². The molecular weight excluding hydrogens is 210 g/mol. The van der Waals surface area contributed by atoms with Crippen LogP contribution in [0, 0.1) is 11.3 Å². The molecule has 0 aliphatic heterocycles. The summed E-state index contributed by atoms with van der Waals surface area (Å²) in [6.07, 6.45) is 4.05. The van der Waals surface area contributed by atoms with Gasteiger partial charge in [-0.25, -0.2) is 0 Å². The Labute approximate surface area is 97.8 Å². The van der Waals surface area contributed by atoms with Crippen LogP contribution in [0.2, 0.25) is 0 Å². The molecule has 1 amide bonds. The van der Waals surface area contributed by atoms with Crippen molar-refractivity contribution in [2.75, 3.05) is 6.54 Å². The number of alkyl halides is 1. The third-order valence-electron chi connectivity index (χ3n) is 2.82. The lowest BCUT2D eigenvalue weighted by Crippen LogP contribution is -2.33. The molecule has 1 N–H and O–H groups in total. The van der Waals surface area contributed by atoms with Crippen LogP contribution in [0.1, 0.15) is 46.5 Å². The Balaban J connectivity index is 2.22. The number of hydrogen-bond acceptors (Lipinski definition) is 1. The second-order valence-electron chi connectivity index (χ2n) is 5.75. The quantitative estimate of drug-likeness (QED) is 0.744. The maximum Gasteiger partial charge on any atom is 0.220 e.